The molecule has 0 spiro atoms. The van der Waals surface area contributed by atoms with Crippen LogP contribution in [-0.2, 0) is 11.3 Å². The molecule has 4 nitrogen and oxygen atoms in total. The minimum atomic E-state index is 0.0716. The van der Waals surface area contributed by atoms with E-state index in [1.54, 1.807) is 0 Å². The van der Waals surface area contributed by atoms with Crippen molar-refractivity contribution in [2.75, 3.05) is 26.2 Å². The van der Waals surface area contributed by atoms with Crippen LogP contribution in [0, 0.1) is 5.41 Å². The maximum Gasteiger partial charge on any atom is 0.223 e. The number of hydrogen-bond acceptors (Lipinski definition) is 3. The summed E-state index contributed by atoms with van der Waals surface area (Å²) in [6.45, 7) is 10.8. The predicted molar refractivity (Wildman–Crippen MR) is 80.2 cm³/mol. The summed E-state index contributed by atoms with van der Waals surface area (Å²) in [4.78, 5) is 20.9. The summed E-state index contributed by atoms with van der Waals surface area (Å²) < 4.78 is 0. The highest BCUT2D eigenvalue weighted by Crippen LogP contribution is 2.20. The number of amides is 1. The van der Waals surface area contributed by atoms with Crippen molar-refractivity contribution in [2.45, 2.75) is 33.7 Å². The molecule has 4 heteroatoms. The van der Waals surface area contributed by atoms with E-state index in [1.807, 2.05) is 23.2 Å². The molecule has 110 valence electrons. The Kier molecular flexibility index (Phi) is 4.76. The molecule has 1 saturated heterocycles. The quantitative estimate of drug-likeness (QED) is 0.848. The average Bonchev–Trinajstić information content (AvgIpc) is 2.39. The standard InChI is InChI=1S/C16H25N3O/c1-16(2,3)12-15(20)19-10-8-18(9-11-19)13-14-6-4-5-7-17-14/h4-7H,8-13H2,1-3H3. The van der Waals surface area contributed by atoms with Crippen molar-refractivity contribution < 1.29 is 4.79 Å². The van der Waals surface area contributed by atoms with Gasteiger partial charge < -0.3 is 4.90 Å². The van der Waals surface area contributed by atoms with Crippen molar-refractivity contribution >= 4 is 5.91 Å². The van der Waals surface area contributed by atoms with Gasteiger partial charge >= 0.3 is 0 Å². The Morgan fingerprint density at radius 2 is 1.90 bits per heavy atom. The minimum absolute atomic E-state index is 0.0716. The predicted octanol–water partition coefficient (Wildman–Crippen LogP) is 2.16. The molecule has 1 amide bonds. The zero-order valence-electron chi connectivity index (χ0n) is 12.8. The van der Waals surface area contributed by atoms with Gasteiger partial charge in [-0.15, -0.1) is 0 Å². The number of pyridine rings is 1. The van der Waals surface area contributed by atoms with Crippen LogP contribution in [0.1, 0.15) is 32.9 Å². The fraction of sp³-hybridized carbons (Fsp3) is 0.625. The number of carbonyl (C=O) groups is 1. The van der Waals surface area contributed by atoms with Crippen LogP contribution in [0.4, 0.5) is 0 Å². The van der Waals surface area contributed by atoms with Crippen molar-refractivity contribution in [1.29, 1.82) is 0 Å². The lowest BCUT2D eigenvalue weighted by atomic mass is 9.91. The molecule has 0 N–H and O–H groups in total. The minimum Gasteiger partial charge on any atom is -0.340 e. The van der Waals surface area contributed by atoms with Crippen LogP contribution in [0.3, 0.4) is 0 Å². The van der Waals surface area contributed by atoms with Crippen LogP contribution in [0.25, 0.3) is 0 Å². The van der Waals surface area contributed by atoms with Gasteiger partial charge in [-0.25, -0.2) is 0 Å². The van der Waals surface area contributed by atoms with Gasteiger partial charge in [0.1, 0.15) is 0 Å². The Bertz CT molecular complexity index is 431. The molecule has 20 heavy (non-hydrogen) atoms. The number of nitrogens with zero attached hydrogens (tertiary/aromatic N) is 3. The van der Waals surface area contributed by atoms with Crippen LogP contribution in [0.2, 0.25) is 0 Å². The summed E-state index contributed by atoms with van der Waals surface area (Å²) in [7, 11) is 0. The highest BCUT2D eigenvalue weighted by Gasteiger charge is 2.24. The third-order valence-electron chi connectivity index (χ3n) is 3.52. The molecule has 1 aromatic heterocycles. The van der Waals surface area contributed by atoms with Crippen LogP contribution in [-0.4, -0.2) is 46.9 Å². The van der Waals surface area contributed by atoms with Gasteiger partial charge in [-0.05, 0) is 17.5 Å². The summed E-state index contributed by atoms with van der Waals surface area (Å²) in [5, 5.41) is 0. The van der Waals surface area contributed by atoms with Crippen LogP contribution < -0.4 is 0 Å². The first kappa shape index (κ1) is 15.0. The monoisotopic (exact) mass is 275 g/mol. The summed E-state index contributed by atoms with van der Waals surface area (Å²) >= 11 is 0. The first-order chi connectivity index (χ1) is 9.44. The molecule has 2 rings (SSSR count). The van der Waals surface area contributed by atoms with Crippen molar-refractivity contribution in [1.82, 2.24) is 14.8 Å². The lowest BCUT2D eigenvalue weighted by molar-refractivity contribution is -0.134. The van der Waals surface area contributed by atoms with Crippen molar-refractivity contribution in [2.24, 2.45) is 5.41 Å². The van der Waals surface area contributed by atoms with Crippen molar-refractivity contribution in [3.8, 4) is 0 Å². The second-order valence-corrected chi connectivity index (χ2v) is 6.72. The van der Waals surface area contributed by atoms with Gasteiger partial charge in [-0.1, -0.05) is 26.8 Å². The van der Waals surface area contributed by atoms with Crippen LogP contribution in [0.15, 0.2) is 24.4 Å². The SMILES string of the molecule is CC(C)(C)CC(=O)N1CCN(Cc2ccccn2)CC1. The molecule has 0 radical (unpaired) electrons. The topological polar surface area (TPSA) is 36.4 Å². The van der Waals surface area contributed by atoms with E-state index in [0.29, 0.717) is 6.42 Å². The average molecular weight is 275 g/mol. The van der Waals surface area contributed by atoms with Gasteiger partial charge in [0.2, 0.25) is 5.91 Å². The van der Waals surface area contributed by atoms with E-state index in [4.69, 9.17) is 0 Å². The fourth-order valence-electron chi connectivity index (χ4n) is 2.44. The van der Waals surface area contributed by atoms with Gasteiger partial charge in [-0.3, -0.25) is 14.7 Å². The zero-order valence-corrected chi connectivity index (χ0v) is 12.8. The third-order valence-corrected chi connectivity index (χ3v) is 3.52. The van der Waals surface area contributed by atoms with E-state index < -0.39 is 0 Å². The Morgan fingerprint density at radius 1 is 1.20 bits per heavy atom. The Hall–Kier alpha value is -1.42. The summed E-state index contributed by atoms with van der Waals surface area (Å²) in [6.07, 6.45) is 2.46. The molecule has 0 aromatic carbocycles. The van der Waals surface area contributed by atoms with Crippen molar-refractivity contribution in [3.63, 3.8) is 0 Å². The second kappa shape index (κ2) is 6.35. The first-order valence-corrected chi connectivity index (χ1v) is 7.34. The maximum absolute atomic E-state index is 12.2. The van der Waals surface area contributed by atoms with E-state index in [2.05, 4.69) is 36.7 Å². The molecular weight excluding hydrogens is 250 g/mol. The largest absolute Gasteiger partial charge is 0.340 e. The summed E-state index contributed by atoms with van der Waals surface area (Å²) in [5.41, 5.74) is 1.17. The van der Waals surface area contributed by atoms with Gasteiger partial charge in [0, 0.05) is 45.3 Å². The Morgan fingerprint density at radius 3 is 2.45 bits per heavy atom. The molecule has 0 unspecified atom stereocenters. The second-order valence-electron chi connectivity index (χ2n) is 6.72. The van der Waals surface area contributed by atoms with Gasteiger partial charge in [-0.2, -0.15) is 0 Å². The van der Waals surface area contributed by atoms with Crippen LogP contribution in [0.5, 0.6) is 0 Å². The van der Waals surface area contributed by atoms with Gasteiger partial charge in [0.15, 0.2) is 0 Å². The molecule has 0 bridgehead atoms. The smallest absolute Gasteiger partial charge is 0.223 e. The van der Waals surface area contributed by atoms with Gasteiger partial charge in [0.05, 0.1) is 5.69 Å². The number of hydrogen-bond donors (Lipinski definition) is 0. The Balaban J connectivity index is 1.79. The van der Waals surface area contributed by atoms with Crippen molar-refractivity contribution in [3.05, 3.63) is 30.1 Å². The lowest BCUT2D eigenvalue weighted by Crippen LogP contribution is -2.48. The maximum atomic E-state index is 12.2. The van der Waals surface area contributed by atoms with Gasteiger partial charge in [0.25, 0.3) is 0 Å². The molecule has 1 aromatic rings. The fourth-order valence-corrected chi connectivity index (χ4v) is 2.44. The molecule has 1 aliphatic rings. The lowest BCUT2D eigenvalue weighted by Gasteiger charge is -2.35. The molecule has 1 fully saturated rings. The molecule has 2 heterocycles. The number of rotatable bonds is 3. The van der Waals surface area contributed by atoms with E-state index in [1.165, 1.54) is 0 Å². The molecular formula is C16H25N3O. The summed E-state index contributed by atoms with van der Waals surface area (Å²) in [6, 6.07) is 6.01. The number of carbonyl (C=O) groups excluding carboxylic acids is 1. The Labute approximate surface area is 121 Å². The van der Waals surface area contributed by atoms with E-state index in [-0.39, 0.29) is 11.3 Å². The third kappa shape index (κ3) is 4.60. The number of piperazine rings is 1. The molecule has 0 aliphatic carbocycles. The van der Waals surface area contributed by atoms with E-state index in [0.717, 1.165) is 38.4 Å². The van der Waals surface area contributed by atoms with E-state index in [9.17, 15) is 4.79 Å². The molecule has 0 atom stereocenters. The molecule has 1 aliphatic heterocycles. The summed E-state index contributed by atoms with van der Waals surface area (Å²) in [5.74, 6) is 0.287. The van der Waals surface area contributed by atoms with E-state index >= 15 is 0 Å². The van der Waals surface area contributed by atoms with Crippen LogP contribution >= 0.6 is 0 Å². The highest BCUT2D eigenvalue weighted by molar-refractivity contribution is 5.76. The number of aromatic nitrogens is 1. The normalized spacial score (nSPS) is 17.2. The highest BCUT2D eigenvalue weighted by atomic mass is 16.2. The first-order valence-electron chi connectivity index (χ1n) is 7.34. The zero-order chi connectivity index (χ0) is 14.6. The molecule has 0 saturated carbocycles.